The molecule has 1 rings (SSSR count). The number of nitrogens with one attached hydrogen (secondary N) is 1. The fraction of sp³-hybridized carbons (Fsp3) is 1.00. The van der Waals surface area contributed by atoms with Crippen LogP contribution in [0.5, 0.6) is 0 Å². The van der Waals surface area contributed by atoms with Gasteiger partial charge in [-0.1, -0.05) is 27.7 Å². The first-order valence-electron chi connectivity index (χ1n) is 6.18. The van der Waals surface area contributed by atoms with Gasteiger partial charge in [-0.15, -0.1) is 0 Å². The largest absolute Gasteiger partial charge is 0.313 e. The molecular formula is C12H26N2. The van der Waals surface area contributed by atoms with Gasteiger partial charge in [-0.25, -0.2) is 0 Å². The van der Waals surface area contributed by atoms with Gasteiger partial charge >= 0.3 is 0 Å². The van der Waals surface area contributed by atoms with Gasteiger partial charge in [0.15, 0.2) is 0 Å². The highest BCUT2D eigenvalue weighted by Gasteiger charge is 2.31. The number of likely N-dealkylation sites (N-methyl/N-ethyl adjacent to an activating group) is 1. The summed E-state index contributed by atoms with van der Waals surface area (Å²) < 4.78 is 0. The summed E-state index contributed by atoms with van der Waals surface area (Å²) in [7, 11) is 0. The lowest BCUT2D eigenvalue weighted by molar-refractivity contribution is 0.184. The van der Waals surface area contributed by atoms with E-state index in [-0.39, 0.29) is 0 Å². The Morgan fingerprint density at radius 3 is 2.29 bits per heavy atom. The molecule has 0 bridgehead atoms. The minimum atomic E-state index is 0.613. The van der Waals surface area contributed by atoms with Crippen LogP contribution in [-0.2, 0) is 0 Å². The molecule has 0 radical (unpaired) electrons. The molecule has 14 heavy (non-hydrogen) atoms. The van der Waals surface area contributed by atoms with E-state index in [0.717, 1.165) is 18.6 Å². The average molecular weight is 198 g/mol. The molecule has 1 unspecified atom stereocenters. The highest BCUT2D eigenvalue weighted by molar-refractivity contribution is 4.88. The maximum Gasteiger partial charge on any atom is 0.0220 e. The topological polar surface area (TPSA) is 15.3 Å². The van der Waals surface area contributed by atoms with E-state index in [1.165, 1.54) is 25.8 Å². The van der Waals surface area contributed by atoms with Crippen LogP contribution in [0.3, 0.4) is 0 Å². The molecule has 2 nitrogen and oxygen atoms in total. The molecule has 2 heteroatoms. The van der Waals surface area contributed by atoms with Gasteiger partial charge in [-0.05, 0) is 25.8 Å². The lowest BCUT2D eigenvalue weighted by Crippen LogP contribution is -2.44. The van der Waals surface area contributed by atoms with E-state index in [2.05, 4.69) is 37.9 Å². The molecule has 0 aromatic heterocycles. The van der Waals surface area contributed by atoms with Crippen molar-refractivity contribution >= 4 is 0 Å². The van der Waals surface area contributed by atoms with Gasteiger partial charge in [0.2, 0.25) is 0 Å². The van der Waals surface area contributed by atoms with Crippen LogP contribution in [0.25, 0.3) is 0 Å². The van der Waals surface area contributed by atoms with Crippen molar-refractivity contribution in [3.63, 3.8) is 0 Å². The summed E-state index contributed by atoms with van der Waals surface area (Å²) in [4.78, 5) is 2.68. The fourth-order valence-electron chi connectivity index (χ4n) is 2.09. The molecule has 1 aliphatic rings. The number of rotatable bonds is 7. The van der Waals surface area contributed by atoms with Crippen molar-refractivity contribution in [2.24, 2.45) is 0 Å². The van der Waals surface area contributed by atoms with Crippen LogP contribution in [0.1, 0.15) is 47.0 Å². The van der Waals surface area contributed by atoms with Crippen molar-refractivity contribution in [3.05, 3.63) is 0 Å². The monoisotopic (exact) mass is 198 g/mol. The zero-order valence-corrected chi connectivity index (χ0v) is 10.2. The molecule has 0 aliphatic heterocycles. The van der Waals surface area contributed by atoms with E-state index in [1.54, 1.807) is 0 Å². The van der Waals surface area contributed by atoms with Crippen molar-refractivity contribution in [2.75, 3.05) is 13.1 Å². The van der Waals surface area contributed by atoms with Gasteiger partial charge in [0.1, 0.15) is 0 Å². The Kier molecular flexibility index (Phi) is 4.90. The van der Waals surface area contributed by atoms with Crippen molar-refractivity contribution in [1.82, 2.24) is 10.2 Å². The Morgan fingerprint density at radius 1 is 1.29 bits per heavy atom. The molecule has 0 saturated heterocycles. The zero-order chi connectivity index (χ0) is 10.6. The average Bonchev–Trinajstić information content (AvgIpc) is 2.95. The van der Waals surface area contributed by atoms with E-state index in [4.69, 9.17) is 0 Å². The Balaban J connectivity index is 2.33. The van der Waals surface area contributed by atoms with Gasteiger partial charge in [0.25, 0.3) is 0 Å². The molecule has 0 aromatic rings. The predicted octanol–water partition coefficient (Wildman–Crippen LogP) is 2.25. The molecule has 1 aliphatic carbocycles. The van der Waals surface area contributed by atoms with Gasteiger partial charge in [0.05, 0.1) is 0 Å². The second kappa shape index (κ2) is 5.72. The van der Waals surface area contributed by atoms with Crippen LogP contribution < -0.4 is 5.32 Å². The summed E-state index contributed by atoms with van der Waals surface area (Å²) in [6.07, 6.45) is 4.11. The molecule has 1 atom stereocenters. The third kappa shape index (κ3) is 3.58. The Hall–Kier alpha value is -0.0800. The summed E-state index contributed by atoms with van der Waals surface area (Å²) in [5.41, 5.74) is 0. The van der Waals surface area contributed by atoms with Crippen LogP contribution in [0, 0.1) is 0 Å². The third-order valence-electron chi connectivity index (χ3n) is 3.08. The maximum atomic E-state index is 3.55. The molecule has 0 aromatic carbocycles. The molecule has 1 N–H and O–H groups in total. The first-order chi connectivity index (χ1) is 6.69. The van der Waals surface area contributed by atoms with Crippen molar-refractivity contribution in [2.45, 2.75) is 65.1 Å². The van der Waals surface area contributed by atoms with Crippen LogP contribution in [-0.4, -0.2) is 36.1 Å². The Morgan fingerprint density at radius 2 is 1.93 bits per heavy atom. The number of hydrogen-bond acceptors (Lipinski definition) is 2. The van der Waals surface area contributed by atoms with E-state index in [1.807, 2.05) is 0 Å². The SMILES string of the molecule is CCC(CNC(C)C)N(CC)C1CC1. The molecule has 1 fully saturated rings. The van der Waals surface area contributed by atoms with Crippen LogP contribution in [0.4, 0.5) is 0 Å². The summed E-state index contributed by atoms with van der Waals surface area (Å²) in [5, 5.41) is 3.55. The highest BCUT2D eigenvalue weighted by Crippen LogP contribution is 2.28. The van der Waals surface area contributed by atoms with Crippen LogP contribution in [0.15, 0.2) is 0 Å². The summed E-state index contributed by atoms with van der Waals surface area (Å²) in [5.74, 6) is 0. The quantitative estimate of drug-likeness (QED) is 0.675. The van der Waals surface area contributed by atoms with E-state index < -0.39 is 0 Å². The molecule has 84 valence electrons. The zero-order valence-electron chi connectivity index (χ0n) is 10.2. The second-order valence-electron chi connectivity index (χ2n) is 4.69. The van der Waals surface area contributed by atoms with Crippen molar-refractivity contribution in [1.29, 1.82) is 0 Å². The summed E-state index contributed by atoms with van der Waals surface area (Å²) >= 11 is 0. The second-order valence-corrected chi connectivity index (χ2v) is 4.69. The molecule has 0 amide bonds. The first-order valence-corrected chi connectivity index (χ1v) is 6.18. The molecule has 0 spiro atoms. The summed E-state index contributed by atoms with van der Waals surface area (Å²) in [6, 6.07) is 2.26. The van der Waals surface area contributed by atoms with Crippen molar-refractivity contribution in [3.8, 4) is 0 Å². The van der Waals surface area contributed by atoms with Gasteiger partial charge in [-0.2, -0.15) is 0 Å². The predicted molar refractivity (Wildman–Crippen MR) is 62.6 cm³/mol. The van der Waals surface area contributed by atoms with Crippen LogP contribution in [0.2, 0.25) is 0 Å². The van der Waals surface area contributed by atoms with Crippen LogP contribution >= 0.6 is 0 Å². The standard InChI is InChI=1S/C12H26N2/c1-5-11(9-13-10(3)4)14(6-2)12-7-8-12/h10-13H,5-9H2,1-4H3. The smallest absolute Gasteiger partial charge is 0.0220 e. The third-order valence-corrected chi connectivity index (χ3v) is 3.08. The minimum Gasteiger partial charge on any atom is -0.313 e. The number of nitrogens with zero attached hydrogens (tertiary/aromatic N) is 1. The Labute approximate surface area is 89.1 Å². The van der Waals surface area contributed by atoms with Gasteiger partial charge < -0.3 is 5.32 Å². The normalized spacial score (nSPS) is 19.3. The highest BCUT2D eigenvalue weighted by atomic mass is 15.2. The lowest BCUT2D eigenvalue weighted by atomic mass is 10.1. The van der Waals surface area contributed by atoms with E-state index in [9.17, 15) is 0 Å². The fourth-order valence-corrected chi connectivity index (χ4v) is 2.09. The molecule has 1 saturated carbocycles. The van der Waals surface area contributed by atoms with Crippen molar-refractivity contribution < 1.29 is 0 Å². The lowest BCUT2D eigenvalue weighted by Gasteiger charge is -2.30. The minimum absolute atomic E-state index is 0.613. The summed E-state index contributed by atoms with van der Waals surface area (Å²) in [6.45, 7) is 11.4. The molecule has 0 heterocycles. The maximum absolute atomic E-state index is 3.55. The Bertz CT molecular complexity index is 152. The van der Waals surface area contributed by atoms with Gasteiger partial charge in [0, 0.05) is 24.7 Å². The number of hydrogen-bond donors (Lipinski definition) is 1. The van der Waals surface area contributed by atoms with E-state index in [0.29, 0.717) is 6.04 Å². The molecular weight excluding hydrogens is 172 g/mol. The first kappa shape index (κ1) is 12.0. The van der Waals surface area contributed by atoms with Gasteiger partial charge in [-0.3, -0.25) is 4.90 Å². The van der Waals surface area contributed by atoms with E-state index >= 15 is 0 Å².